The van der Waals surface area contributed by atoms with Gasteiger partial charge in [0.2, 0.25) is 0 Å². The van der Waals surface area contributed by atoms with Crippen molar-refractivity contribution in [3.05, 3.63) is 22.5 Å². The highest BCUT2D eigenvalue weighted by molar-refractivity contribution is 6.02. The van der Waals surface area contributed by atoms with E-state index >= 15 is 0 Å². The molecule has 1 heterocycles. The maximum Gasteiger partial charge on any atom is 0.268 e. The summed E-state index contributed by atoms with van der Waals surface area (Å²) < 4.78 is 0. The number of carbonyl (C=O) groups is 2. The number of rotatable bonds is 6. The fourth-order valence-corrected chi connectivity index (χ4v) is 2.06. The number of halogens is 1. The molecule has 0 bridgehead atoms. The Morgan fingerprint density at radius 3 is 2.32 bits per heavy atom. The van der Waals surface area contributed by atoms with Crippen molar-refractivity contribution in [3.63, 3.8) is 0 Å². The average molecular weight is 288 g/mol. The van der Waals surface area contributed by atoms with Gasteiger partial charge in [-0.05, 0) is 46.3 Å². The molecule has 0 aromatic carbocycles. The van der Waals surface area contributed by atoms with E-state index < -0.39 is 0 Å². The van der Waals surface area contributed by atoms with Gasteiger partial charge in [-0.2, -0.15) is 0 Å². The van der Waals surface area contributed by atoms with Gasteiger partial charge in [-0.25, -0.2) is 0 Å². The van der Waals surface area contributed by atoms with Crippen molar-refractivity contribution in [1.29, 1.82) is 0 Å². The maximum absolute atomic E-state index is 11.9. The van der Waals surface area contributed by atoms with Gasteiger partial charge in [0, 0.05) is 17.8 Å². The van der Waals surface area contributed by atoms with E-state index in [1.807, 2.05) is 14.0 Å². The van der Waals surface area contributed by atoms with Crippen molar-refractivity contribution >= 4 is 24.1 Å². The van der Waals surface area contributed by atoms with Gasteiger partial charge in [0.05, 0.1) is 0 Å². The van der Waals surface area contributed by atoms with E-state index in [9.17, 15) is 9.59 Å². The molecular formula is C13H22ClN3O2. The molecule has 0 saturated carbocycles. The van der Waals surface area contributed by atoms with Crippen molar-refractivity contribution in [3.8, 4) is 0 Å². The summed E-state index contributed by atoms with van der Waals surface area (Å²) in [6.45, 7) is 6.59. The van der Waals surface area contributed by atoms with Crippen molar-refractivity contribution in [1.82, 2.24) is 15.6 Å². The van der Waals surface area contributed by atoms with Gasteiger partial charge >= 0.3 is 0 Å². The van der Waals surface area contributed by atoms with Crippen LogP contribution in [0.3, 0.4) is 0 Å². The lowest BCUT2D eigenvalue weighted by atomic mass is 10.1. The summed E-state index contributed by atoms with van der Waals surface area (Å²) in [6.07, 6.45) is 0.876. The van der Waals surface area contributed by atoms with Crippen LogP contribution in [0.4, 0.5) is 0 Å². The number of ketones is 1. The van der Waals surface area contributed by atoms with Gasteiger partial charge < -0.3 is 15.6 Å². The van der Waals surface area contributed by atoms with Gasteiger partial charge in [-0.15, -0.1) is 12.4 Å². The third kappa shape index (κ3) is 4.36. The van der Waals surface area contributed by atoms with Crippen LogP contribution in [0.25, 0.3) is 0 Å². The zero-order valence-corrected chi connectivity index (χ0v) is 12.7. The van der Waals surface area contributed by atoms with Crippen LogP contribution < -0.4 is 10.6 Å². The predicted molar refractivity (Wildman–Crippen MR) is 78.4 cm³/mol. The van der Waals surface area contributed by atoms with Crippen LogP contribution in [-0.2, 0) is 0 Å². The Balaban J connectivity index is 0.00000324. The van der Waals surface area contributed by atoms with Crippen LogP contribution in [0, 0.1) is 13.8 Å². The minimum atomic E-state index is -0.154. The number of carbonyl (C=O) groups excluding carboxylic acids is 2. The van der Waals surface area contributed by atoms with Gasteiger partial charge in [0.1, 0.15) is 5.69 Å². The van der Waals surface area contributed by atoms with Gasteiger partial charge in [0.15, 0.2) is 5.78 Å². The first-order valence-corrected chi connectivity index (χ1v) is 6.12. The molecule has 1 aromatic heterocycles. The molecule has 5 nitrogen and oxygen atoms in total. The van der Waals surface area contributed by atoms with E-state index in [0.29, 0.717) is 17.8 Å². The fraction of sp³-hybridized carbons (Fsp3) is 0.538. The molecule has 108 valence electrons. The fourth-order valence-electron chi connectivity index (χ4n) is 2.06. The molecule has 1 aromatic rings. The minimum Gasteiger partial charge on any atom is -0.354 e. The summed E-state index contributed by atoms with van der Waals surface area (Å²) in [5.74, 6) is -0.172. The average Bonchev–Trinajstić information content (AvgIpc) is 2.60. The smallest absolute Gasteiger partial charge is 0.268 e. The minimum absolute atomic E-state index is 0. The molecule has 0 spiro atoms. The molecular weight excluding hydrogens is 266 g/mol. The number of nitrogens with one attached hydrogen (secondary N) is 3. The molecule has 19 heavy (non-hydrogen) atoms. The molecule has 0 aliphatic rings. The van der Waals surface area contributed by atoms with Crippen LogP contribution in [0.1, 0.15) is 45.4 Å². The Hall–Kier alpha value is -1.33. The van der Waals surface area contributed by atoms with E-state index in [2.05, 4.69) is 15.6 Å². The van der Waals surface area contributed by atoms with Crippen molar-refractivity contribution < 1.29 is 9.59 Å². The van der Waals surface area contributed by atoms with Crippen molar-refractivity contribution in [2.45, 2.75) is 27.2 Å². The monoisotopic (exact) mass is 287 g/mol. The first kappa shape index (κ1) is 17.7. The summed E-state index contributed by atoms with van der Waals surface area (Å²) in [6, 6.07) is 0. The molecule has 0 aliphatic carbocycles. The summed E-state index contributed by atoms with van der Waals surface area (Å²) >= 11 is 0. The highest BCUT2D eigenvalue weighted by atomic mass is 35.5. The summed E-state index contributed by atoms with van der Waals surface area (Å²) in [7, 11) is 1.87. The molecule has 1 amide bonds. The first-order valence-electron chi connectivity index (χ1n) is 6.12. The number of amides is 1. The first-order chi connectivity index (χ1) is 8.49. The van der Waals surface area contributed by atoms with Crippen LogP contribution >= 0.6 is 12.4 Å². The molecule has 1 rings (SSSR count). The number of hydrogen-bond donors (Lipinski definition) is 3. The Morgan fingerprint density at radius 2 is 1.84 bits per heavy atom. The summed E-state index contributed by atoms with van der Waals surface area (Å²) in [5, 5.41) is 5.85. The molecule has 0 fully saturated rings. The zero-order chi connectivity index (χ0) is 13.7. The van der Waals surface area contributed by atoms with Gasteiger partial charge in [-0.3, -0.25) is 9.59 Å². The summed E-state index contributed by atoms with van der Waals surface area (Å²) in [4.78, 5) is 26.4. The van der Waals surface area contributed by atoms with E-state index in [1.165, 1.54) is 6.92 Å². The van der Waals surface area contributed by atoms with Crippen LogP contribution in [0.2, 0.25) is 0 Å². The van der Waals surface area contributed by atoms with Crippen molar-refractivity contribution in [2.75, 3.05) is 20.1 Å². The summed E-state index contributed by atoms with van der Waals surface area (Å²) in [5.41, 5.74) is 2.59. The van der Waals surface area contributed by atoms with Crippen LogP contribution in [0.5, 0.6) is 0 Å². The van der Waals surface area contributed by atoms with Gasteiger partial charge in [-0.1, -0.05) is 0 Å². The highest BCUT2D eigenvalue weighted by Gasteiger charge is 2.19. The molecule has 0 saturated heterocycles. The predicted octanol–water partition coefficient (Wildman–Crippen LogP) is 1.60. The highest BCUT2D eigenvalue weighted by Crippen LogP contribution is 2.18. The molecule has 0 atom stereocenters. The Labute approximate surface area is 120 Å². The quantitative estimate of drug-likeness (QED) is 0.549. The SMILES string of the molecule is CNCCCNC(=O)c1[nH]c(C)c(C(C)=O)c1C.Cl. The number of aryl methyl sites for hydroxylation is 1. The van der Waals surface area contributed by atoms with Crippen LogP contribution in [0.15, 0.2) is 0 Å². The Bertz CT molecular complexity index is 455. The standard InChI is InChI=1S/C13H21N3O2.ClH/c1-8-11(10(3)17)9(2)16-12(8)13(18)15-7-5-6-14-4;/h14,16H,5-7H2,1-4H3,(H,15,18);1H. The third-order valence-corrected chi connectivity index (χ3v) is 2.91. The molecule has 0 unspecified atom stereocenters. The number of hydrogen-bond acceptors (Lipinski definition) is 3. The van der Waals surface area contributed by atoms with E-state index in [0.717, 1.165) is 24.2 Å². The second kappa shape index (κ2) is 7.96. The van der Waals surface area contributed by atoms with Crippen molar-refractivity contribution in [2.24, 2.45) is 0 Å². The molecule has 6 heteroatoms. The van der Waals surface area contributed by atoms with E-state index in [1.54, 1.807) is 6.92 Å². The third-order valence-electron chi connectivity index (χ3n) is 2.91. The lowest BCUT2D eigenvalue weighted by Gasteiger charge is -2.04. The number of aromatic nitrogens is 1. The van der Waals surface area contributed by atoms with E-state index in [4.69, 9.17) is 0 Å². The normalized spacial score (nSPS) is 9.89. The van der Waals surface area contributed by atoms with Gasteiger partial charge in [0.25, 0.3) is 5.91 Å². The zero-order valence-electron chi connectivity index (χ0n) is 11.8. The van der Waals surface area contributed by atoms with E-state index in [-0.39, 0.29) is 24.1 Å². The number of H-pyrrole nitrogens is 1. The number of Topliss-reactive ketones (excluding diaryl/α,β-unsaturated/α-hetero) is 1. The lowest BCUT2D eigenvalue weighted by Crippen LogP contribution is -2.27. The Kier molecular flexibility index (Phi) is 7.41. The molecule has 0 aliphatic heterocycles. The Morgan fingerprint density at radius 1 is 1.21 bits per heavy atom. The second-order valence-corrected chi connectivity index (χ2v) is 4.39. The molecule has 0 radical (unpaired) electrons. The molecule has 3 N–H and O–H groups in total. The largest absolute Gasteiger partial charge is 0.354 e. The maximum atomic E-state index is 11.9. The second-order valence-electron chi connectivity index (χ2n) is 4.39. The number of aromatic amines is 1. The topological polar surface area (TPSA) is 74.0 Å². The van der Waals surface area contributed by atoms with Crippen LogP contribution in [-0.4, -0.2) is 36.8 Å². The lowest BCUT2D eigenvalue weighted by molar-refractivity contribution is 0.0948.